The Morgan fingerprint density at radius 3 is 2.68 bits per heavy atom. The van der Waals surface area contributed by atoms with Crippen molar-refractivity contribution in [1.29, 1.82) is 0 Å². The topological polar surface area (TPSA) is 29.9 Å². The highest BCUT2D eigenvalue weighted by atomic mass is 35.5. The van der Waals surface area contributed by atoms with E-state index >= 15 is 0 Å². The summed E-state index contributed by atoms with van der Waals surface area (Å²) in [5, 5.41) is 9.05. The summed E-state index contributed by atoms with van der Waals surface area (Å²) in [6.45, 7) is 0.930. The Morgan fingerprint density at radius 2 is 1.88 bits per heavy atom. The Morgan fingerprint density at radius 1 is 1.08 bits per heavy atom. The summed E-state index contributed by atoms with van der Waals surface area (Å²) < 4.78 is 15.1. The minimum atomic E-state index is -0.217. The third kappa shape index (κ3) is 3.27. The van der Waals surface area contributed by atoms with Crippen molar-refractivity contribution in [2.75, 3.05) is 11.9 Å². The van der Waals surface area contributed by atoms with Crippen molar-refractivity contribution >= 4 is 17.4 Å². The quantitative estimate of drug-likeness (QED) is 0.716. The second-order valence-corrected chi connectivity index (χ2v) is 6.73. The van der Waals surface area contributed by atoms with Crippen molar-refractivity contribution in [3.8, 4) is 5.69 Å². The molecule has 128 valence electrons. The van der Waals surface area contributed by atoms with Gasteiger partial charge in [0.2, 0.25) is 0 Å². The Balaban J connectivity index is 1.79. The standard InChI is InChI=1S/C20H19ClFN3/c21-17-6-1-2-7-19(17)25-20-16(5-3-4-12-23-20)18(24-25)13-14-8-10-15(22)11-9-14/h1-2,6-11,23H,3-5,12-13H2. The first kappa shape index (κ1) is 16.2. The molecule has 3 nitrogen and oxygen atoms in total. The van der Waals surface area contributed by atoms with Gasteiger partial charge in [-0.1, -0.05) is 35.9 Å². The van der Waals surface area contributed by atoms with Crippen molar-refractivity contribution in [2.24, 2.45) is 0 Å². The van der Waals surface area contributed by atoms with Crippen LogP contribution in [0.2, 0.25) is 5.02 Å². The molecular formula is C20H19ClFN3. The van der Waals surface area contributed by atoms with Gasteiger partial charge < -0.3 is 5.32 Å². The second kappa shape index (κ2) is 6.89. The highest BCUT2D eigenvalue weighted by Gasteiger charge is 2.21. The molecule has 1 aromatic heterocycles. The summed E-state index contributed by atoms with van der Waals surface area (Å²) in [6.07, 6.45) is 3.93. The van der Waals surface area contributed by atoms with Crippen LogP contribution in [0.25, 0.3) is 5.69 Å². The average molecular weight is 356 g/mol. The number of para-hydroxylation sites is 1. The molecule has 1 N–H and O–H groups in total. The molecule has 0 spiro atoms. The van der Waals surface area contributed by atoms with E-state index in [1.54, 1.807) is 0 Å². The predicted molar refractivity (Wildman–Crippen MR) is 99.2 cm³/mol. The number of rotatable bonds is 3. The summed E-state index contributed by atoms with van der Waals surface area (Å²) in [5.74, 6) is 0.813. The highest BCUT2D eigenvalue weighted by molar-refractivity contribution is 6.32. The number of anilines is 1. The molecule has 1 aliphatic rings. The maximum Gasteiger partial charge on any atom is 0.133 e. The van der Waals surface area contributed by atoms with Gasteiger partial charge in [-0.15, -0.1) is 0 Å². The number of hydrogen-bond acceptors (Lipinski definition) is 2. The lowest BCUT2D eigenvalue weighted by molar-refractivity contribution is 0.627. The van der Waals surface area contributed by atoms with E-state index in [1.807, 2.05) is 41.1 Å². The molecule has 0 atom stereocenters. The van der Waals surface area contributed by atoms with Crippen LogP contribution >= 0.6 is 11.6 Å². The first-order valence-corrected chi connectivity index (χ1v) is 8.94. The Kier molecular flexibility index (Phi) is 4.45. The van der Waals surface area contributed by atoms with Crippen LogP contribution < -0.4 is 5.32 Å². The fraction of sp³-hybridized carbons (Fsp3) is 0.250. The SMILES string of the molecule is Fc1ccc(Cc2nn(-c3ccccc3Cl)c3c2CCCCN3)cc1. The number of aromatic nitrogens is 2. The van der Waals surface area contributed by atoms with Crippen molar-refractivity contribution in [3.05, 3.63) is 76.2 Å². The van der Waals surface area contributed by atoms with Crippen LogP contribution in [0.5, 0.6) is 0 Å². The Hall–Kier alpha value is -2.33. The molecule has 0 fully saturated rings. The van der Waals surface area contributed by atoms with E-state index in [9.17, 15) is 4.39 Å². The lowest BCUT2D eigenvalue weighted by Gasteiger charge is -2.10. The lowest BCUT2D eigenvalue weighted by Crippen LogP contribution is -2.07. The third-order valence-electron chi connectivity index (χ3n) is 4.58. The van der Waals surface area contributed by atoms with Gasteiger partial charge in [0, 0.05) is 18.5 Å². The van der Waals surface area contributed by atoms with Crippen molar-refractivity contribution in [2.45, 2.75) is 25.7 Å². The average Bonchev–Trinajstić information content (AvgIpc) is 2.80. The van der Waals surface area contributed by atoms with E-state index in [0.29, 0.717) is 11.4 Å². The van der Waals surface area contributed by atoms with Crippen molar-refractivity contribution < 1.29 is 4.39 Å². The first-order valence-electron chi connectivity index (χ1n) is 8.56. The van der Waals surface area contributed by atoms with Crippen LogP contribution in [0.3, 0.4) is 0 Å². The number of benzene rings is 2. The molecule has 2 heterocycles. The van der Waals surface area contributed by atoms with Crippen LogP contribution in [0.4, 0.5) is 10.2 Å². The molecule has 25 heavy (non-hydrogen) atoms. The van der Waals surface area contributed by atoms with Gasteiger partial charge in [0.1, 0.15) is 11.6 Å². The minimum Gasteiger partial charge on any atom is -0.370 e. The summed E-state index contributed by atoms with van der Waals surface area (Å²) in [5.41, 5.74) is 4.19. The molecular weight excluding hydrogens is 337 g/mol. The molecule has 0 saturated carbocycles. The fourth-order valence-corrected chi connectivity index (χ4v) is 3.52. The minimum absolute atomic E-state index is 0.217. The monoisotopic (exact) mass is 355 g/mol. The van der Waals surface area contributed by atoms with E-state index in [1.165, 1.54) is 17.7 Å². The van der Waals surface area contributed by atoms with Crippen LogP contribution in [0.15, 0.2) is 48.5 Å². The number of halogens is 2. The molecule has 0 bridgehead atoms. The predicted octanol–water partition coefficient (Wildman–Crippen LogP) is 5.00. The molecule has 3 aromatic rings. The number of fused-ring (bicyclic) bond motifs is 1. The molecule has 0 radical (unpaired) electrons. The third-order valence-corrected chi connectivity index (χ3v) is 4.90. The van der Waals surface area contributed by atoms with Gasteiger partial charge in [-0.3, -0.25) is 0 Å². The maximum atomic E-state index is 13.2. The number of nitrogens with one attached hydrogen (secondary N) is 1. The van der Waals surface area contributed by atoms with Gasteiger partial charge in [-0.05, 0) is 49.1 Å². The van der Waals surface area contributed by atoms with E-state index in [2.05, 4.69) is 5.32 Å². The van der Waals surface area contributed by atoms with Crippen LogP contribution in [0.1, 0.15) is 29.7 Å². The summed E-state index contributed by atoms with van der Waals surface area (Å²) in [6, 6.07) is 14.4. The van der Waals surface area contributed by atoms with Gasteiger partial charge in [-0.2, -0.15) is 5.10 Å². The van der Waals surface area contributed by atoms with Gasteiger partial charge in [0.25, 0.3) is 0 Å². The first-order chi connectivity index (χ1) is 12.2. The number of nitrogens with zero attached hydrogens (tertiary/aromatic N) is 2. The summed E-state index contributed by atoms with van der Waals surface area (Å²) in [4.78, 5) is 0. The zero-order chi connectivity index (χ0) is 17.2. The zero-order valence-corrected chi connectivity index (χ0v) is 14.6. The number of hydrogen-bond donors (Lipinski definition) is 1. The zero-order valence-electron chi connectivity index (χ0n) is 13.8. The van der Waals surface area contributed by atoms with E-state index in [0.717, 1.165) is 48.6 Å². The van der Waals surface area contributed by atoms with Crippen molar-refractivity contribution in [1.82, 2.24) is 9.78 Å². The molecule has 0 saturated heterocycles. The maximum absolute atomic E-state index is 13.2. The molecule has 5 heteroatoms. The smallest absolute Gasteiger partial charge is 0.133 e. The van der Waals surface area contributed by atoms with E-state index < -0.39 is 0 Å². The van der Waals surface area contributed by atoms with Gasteiger partial charge in [0.15, 0.2) is 0 Å². The van der Waals surface area contributed by atoms with E-state index in [4.69, 9.17) is 16.7 Å². The molecule has 0 aliphatic carbocycles. The second-order valence-electron chi connectivity index (χ2n) is 6.32. The van der Waals surface area contributed by atoms with Gasteiger partial charge >= 0.3 is 0 Å². The molecule has 4 rings (SSSR count). The van der Waals surface area contributed by atoms with Crippen LogP contribution in [-0.2, 0) is 12.8 Å². The summed E-state index contributed by atoms with van der Waals surface area (Å²) in [7, 11) is 0. The van der Waals surface area contributed by atoms with Crippen molar-refractivity contribution in [3.63, 3.8) is 0 Å². The van der Waals surface area contributed by atoms with Crippen LogP contribution in [-0.4, -0.2) is 16.3 Å². The normalized spacial score (nSPS) is 13.8. The molecule has 0 unspecified atom stereocenters. The largest absolute Gasteiger partial charge is 0.370 e. The Labute approximate surface area is 151 Å². The van der Waals surface area contributed by atoms with Crippen LogP contribution in [0, 0.1) is 5.82 Å². The highest BCUT2D eigenvalue weighted by Crippen LogP contribution is 2.31. The lowest BCUT2D eigenvalue weighted by atomic mass is 10.0. The summed E-state index contributed by atoms with van der Waals surface area (Å²) >= 11 is 6.40. The molecule has 2 aromatic carbocycles. The Bertz CT molecular complexity index is 886. The molecule has 0 amide bonds. The van der Waals surface area contributed by atoms with Gasteiger partial charge in [0.05, 0.1) is 16.4 Å². The van der Waals surface area contributed by atoms with Gasteiger partial charge in [-0.25, -0.2) is 9.07 Å². The molecule has 1 aliphatic heterocycles. The fourth-order valence-electron chi connectivity index (χ4n) is 3.31. The van der Waals surface area contributed by atoms with E-state index in [-0.39, 0.29) is 5.82 Å².